The van der Waals surface area contributed by atoms with Gasteiger partial charge in [-0.3, -0.25) is 14.4 Å². The molecule has 1 aromatic carbocycles. The van der Waals surface area contributed by atoms with Gasteiger partial charge in [-0.2, -0.15) is 4.98 Å². The average Bonchev–Trinajstić information content (AvgIpc) is 3.43. The summed E-state index contributed by atoms with van der Waals surface area (Å²) in [5.41, 5.74) is 0.878. The average molecular weight is 537 g/mol. The molecule has 2 aromatic heterocycles. The zero-order valence-electron chi connectivity index (χ0n) is 21.9. The molecule has 12 heteroatoms. The molecule has 3 amide bonds. The highest BCUT2D eigenvalue weighted by atomic mass is 16.5. The van der Waals surface area contributed by atoms with Gasteiger partial charge in [-0.1, -0.05) is 17.3 Å². The molecule has 206 valence electrons. The number of nitrogens with one attached hydrogen (secondary N) is 2. The van der Waals surface area contributed by atoms with Gasteiger partial charge in [0.2, 0.25) is 23.5 Å². The second-order valence-corrected chi connectivity index (χ2v) is 8.85. The molecule has 0 atom stereocenters. The van der Waals surface area contributed by atoms with Crippen LogP contribution in [-0.4, -0.2) is 77.6 Å². The number of rotatable bonds is 5. The number of carbonyl (C=O) groups is 3. The zero-order valence-corrected chi connectivity index (χ0v) is 21.9. The number of nitrogens with zero attached hydrogens (tertiary/aromatic N) is 4. The van der Waals surface area contributed by atoms with Gasteiger partial charge in [0.15, 0.2) is 11.4 Å². The highest BCUT2D eigenvalue weighted by Gasteiger charge is 2.19. The molecular weight excluding hydrogens is 504 g/mol. The lowest BCUT2D eigenvalue weighted by Crippen LogP contribution is -2.36. The Labute approximate surface area is 226 Å². The smallest absolute Gasteiger partial charge is 0.273 e. The van der Waals surface area contributed by atoms with Crippen molar-refractivity contribution in [2.24, 2.45) is 0 Å². The van der Waals surface area contributed by atoms with Crippen LogP contribution < -0.4 is 20.1 Å². The Hall–Kier alpha value is -4.48. The Morgan fingerprint density at radius 2 is 1.92 bits per heavy atom. The van der Waals surface area contributed by atoms with E-state index in [0.717, 1.165) is 0 Å². The Balaban J connectivity index is 1.36. The molecule has 0 saturated carbocycles. The first-order valence-electron chi connectivity index (χ1n) is 12.9. The van der Waals surface area contributed by atoms with E-state index in [-0.39, 0.29) is 49.3 Å². The first kappa shape index (κ1) is 27.6. The topological polar surface area (TPSA) is 149 Å². The molecule has 0 bridgehead atoms. The van der Waals surface area contributed by atoms with Crippen LogP contribution >= 0.6 is 0 Å². The van der Waals surface area contributed by atoms with E-state index in [4.69, 9.17) is 14.0 Å². The molecule has 0 fully saturated rings. The third kappa shape index (κ3) is 7.76. The third-order valence-corrected chi connectivity index (χ3v) is 6.11. The van der Waals surface area contributed by atoms with Gasteiger partial charge in [0.05, 0.1) is 19.2 Å². The molecule has 0 aliphatic carbocycles. The van der Waals surface area contributed by atoms with Crippen LogP contribution in [0.15, 0.2) is 47.1 Å². The number of benzene rings is 1. The molecule has 3 aromatic rings. The normalized spacial score (nSPS) is 15.5. The molecule has 2 N–H and O–H groups in total. The van der Waals surface area contributed by atoms with Crippen molar-refractivity contribution < 1.29 is 28.4 Å². The minimum Gasteiger partial charge on any atom is -0.496 e. The van der Waals surface area contributed by atoms with Gasteiger partial charge in [-0.15, -0.1) is 0 Å². The summed E-state index contributed by atoms with van der Waals surface area (Å²) in [6.07, 6.45) is 3.29. The summed E-state index contributed by atoms with van der Waals surface area (Å²) in [7, 11) is 1.57. The van der Waals surface area contributed by atoms with E-state index in [0.29, 0.717) is 67.8 Å². The molecule has 0 unspecified atom stereocenters. The minimum absolute atomic E-state index is 0.0969. The van der Waals surface area contributed by atoms with Gasteiger partial charge in [0.1, 0.15) is 12.4 Å². The highest BCUT2D eigenvalue weighted by Crippen LogP contribution is 2.27. The van der Waals surface area contributed by atoms with Crippen molar-refractivity contribution in [2.45, 2.75) is 32.1 Å². The number of pyridine rings is 1. The Morgan fingerprint density at radius 1 is 1.08 bits per heavy atom. The van der Waals surface area contributed by atoms with Crippen LogP contribution in [0.4, 0.5) is 0 Å². The summed E-state index contributed by atoms with van der Waals surface area (Å²) in [6.45, 7) is 1.68. The van der Waals surface area contributed by atoms with Gasteiger partial charge in [0.25, 0.3) is 5.91 Å². The quantitative estimate of drug-likeness (QED) is 0.499. The van der Waals surface area contributed by atoms with Gasteiger partial charge in [-0.05, 0) is 37.1 Å². The SMILES string of the molecule is COc1ccccc1-c1noc(CCC(=O)N2CCCNC(=O)c3ncccc3OCCNC(=O)CCC2)n1. The van der Waals surface area contributed by atoms with Crippen LogP contribution in [0, 0.1) is 0 Å². The van der Waals surface area contributed by atoms with E-state index >= 15 is 0 Å². The lowest BCUT2D eigenvalue weighted by atomic mass is 10.2. The van der Waals surface area contributed by atoms with Crippen LogP contribution in [0.2, 0.25) is 0 Å². The largest absolute Gasteiger partial charge is 0.496 e. The van der Waals surface area contributed by atoms with Gasteiger partial charge in [0, 0.05) is 45.1 Å². The number of fused-ring (bicyclic) bond motifs is 1. The molecule has 0 saturated heterocycles. The maximum Gasteiger partial charge on any atom is 0.273 e. The van der Waals surface area contributed by atoms with Crippen LogP contribution in [0.1, 0.15) is 42.1 Å². The van der Waals surface area contributed by atoms with Crippen molar-refractivity contribution in [1.29, 1.82) is 0 Å². The van der Waals surface area contributed by atoms with Crippen molar-refractivity contribution in [3.63, 3.8) is 0 Å². The number of aromatic nitrogens is 3. The van der Waals surface area contributed by atoms with Gasteiger partial charge < -0.3 is 29.5 Å². The Bertz CT molecular complexity index is 1280. The van der Waals surface area contributed by atoms with E-state index in [1.807, 2.05) is 24.3 Å². The van der Waals surface area contributed by atoms with E-state index in [1.165, 1.54) is 6.20 Å². The summed E-state index contributed by atoms with van der Waals surface area (Å²) >= 11 is 0. The van der Waals surface area contributed by atoms with Crippen molar-refractivity contribution in [1.82, 2.24) is 30.7 Å². The van der Waals surface area contributed by atoms with Gasteiger partial charge in [-0.25, -0.2) is 4.98 Å². The number of hydrogen-bond donors (Lipinski definition) is 2. The molecule has 1 aliphatic heterocycles. The van der Waals surface area contributed by atoms with Crippen molar-refractivity contribution in [3.8, 4) is 22.9 Å². The number of amides is 3. The number of aryl methyl sites for hydroxylation is 1. The molecule has 4 rings (SSSR count). The molecule has 0 radical (unpaired) electrons. The fourth-order valence-electron chi connectivity index (χ4n) is 4.13. The predicted octanol–water partition coefficient (Wildman–Crippen LogP) is 2.01. The number of para-hydroxylation sites is 1. The fraction of sp³-hybridized carbons (Fsp3) is 0.407. The summed E-state index contributed by atoms with van der Waals surface area (Å²) in [6, 6.07) is 10.7. The first-order chi connectivity index (χ1) is 19.0. The minimum atomic E-state index is -0.359. The highest BCUT2D eigenvalue weighted by molar-refractivity contribution is 5.94. The molecule has 3 heterocycles. The van der Waals surface area contributed by atoms with Crippen LogP contribution in [0.25, 0.3) is 11.4 Å². The number of methoxy groups -OCH3 is 1. The number of carbonyl (C=O) groups excluding carboxylic acids is 3. The predicted molar refractivity (Wildman–Crippen MR) is 140 cm³/mol. The summed E-state index contributed by atoms with van der Waals surface area (Å²) in [5, 5.41) is 9.66. The number of ether oxygens (including phenoxy) is 2. The lowest BCUT2D eigenvalue weighted by molar-refractivity contribution is -0.132. The second kappa shape index (κ2) is 13.9. The van der Waals surface area contributed by atoms with E-state index < -0.39 is 0 Å². The van der Waals surface area contributed by atoms with Crippen LogP contribution in [0.3, 0.4) is 0 Å². The summed E-state index contributed by atoms with van der Waals surface area (Å²) in [4.78, 5) is 48.2. The fourth-order valence-corrected chi connectivity index (χ4v) is 4.13. The van der Waals surface area contributed by atoms with E-state index in [1.54, 1.807) is 24.1 Å². The van der Waals surface area contributed by atoms with E-state index in [9.17, 15) is 14.4 Å². The summed E-state index contributed by atoms with van der Waals surface area (Å²) < 4.78 is 16.4. The standard InChI is InChI=1S/C27H32N6O6/c1-37-20-8-3-2-7-19(20)26-31-23(39-32-26)11-12-24(35)33-16-5-10-22(34)28-15-18-38-21-9-4-13-29-25(21)27(36)30-14-6-17-33/h2-4,7-9,13H,5-6,10-12,14-18H2,1H3,(H,28,34)(H,30,36). The molecule has 39 heavy (non-hydrogen) atoms. The molecular formula is C27H32N6O6. The third-order valence-electron chi connectivity index (χ3n) is 6.11. The van der Waals surface area contributed by atoms with Crippen LogP contribution in [-0.2, 0) is 16.0 Å². The lowest BCUT2D eigenvalue weighted by Gasteiger charge is -2.23. The maximum atomic E-state index is 13.1. The monoisotopic (exact) mass is 536 g/mol. The summed E-state index contributed by atoms with van der Waals surface area (Å²) in [5.74, 6) is 1.13. The second-order valence-electron chi connectivity index (χ2n) is 8.85. The van der Waals surface area contributed by atoms with Crippen molar-refractivity contribution in [2.75, 3.05) is 39.9 Å². The first-order valence-corrected chi connectivity index (χ1v) is 12.9. The Morgan fingerprint density at radius 3 is 2.79 bits per heavy atom. The molecule has 1 aliphatic rings. The Kier molecular flexibility index (Phi) is 9.81. The van der Waals surface area contributed by atoms with Crippen molar-refractivity contribution >= 4 is 17.7 Å². The molecule has 12 nitrogen and oxygen atoms in total. The maximum absolute atomic E-state index is 13.1. The van der Waals surface area contributed by atoms with Crippen LogP contribution in [0.5, 0.6) is 11.5 Å². The van der Waals surface area contributed by atoms with Crippen molar-refractivity contribution in [3.05, 3.63) is 54.2 Å². The number of hydrogen-bond acceptors (Lipinski definition) is 9. The van der Waals surface area contributed by atoms with E-state index in [2.05, 4.69) is 25.8 Å². The molecule has 0 spiro atoms. The zero-order chi connectivity index (χ0) is 27.5. The van der Waals surface area contributed by atoms with Gasteiger partial charge >= 0.3 is 0 Å².